The first-order valence-corrected chi connectivity index (χ1v) is 8.34. The van der Waals surface area contributed by atoms with Crippen molar-refractivity contribution in [2.75, 3.05) is 5.73 Å². The monoisotopic (exact) mass is 347 g/mol. The molecule has 0 amide bonds. The van der Waals surface area contributed by atoms with Crippen LogP contribution in [-0.2, 0) is 0 Å². The standard InChI is InChI=1S/C21H18ClN3/c1-12-7-8-13(2)17(9-12)19-14(3)20(25-21(24)18(19)11-23)15-5-4-6-16(22)10-15/h4-10H,1-3H3,(H2,24,25). The second-order valence-electron chi connectivity index (χ2n) is 6.16. The van der Waals surface area contributed by atoms with Gasteiger partial charge in [-0.1, -0.05) is 47.5 Å². The van der Waals surface area contributed by atoms with E-state index in [4.69, 9.17) is 17.3 Å². The zero-order valence-corrected chi connectivity index (χ0v) is 15.1. The summed E-state index contributed by atoms with van der Waals surface area (Å²) >= 11 is 6.14. The first-order chi connectivity index (χ1) is 11.9. The lowest BCUT2D eigenvalue weighted by atomic mass is 9.89. The minimum absolute atomic E-state index is 0.235. The molecule has 3 nitrogen and oxygen atoms in total. The van der Waals surface area contributed by atoms with E-state index in [1.165, 1.54) is 0 Å². The Labute approximate surface area is 152 Å². The van der Waals surface area contributed by atoms with E-state index in [-0.39, 0.29) is 5.82 Å². The van der Waals surface area contributed by atoms with Crippen LogP contribution in [0.4, 0.5) is 5.82 Å². The molecule has 2 N–H and O–H groups in total. The summed E-state index contributed by atoms with van der Waals surface area (Å²) in [6.45, 7) is 6.04. The Balaban J connectivity index is 2.38. The number of aryl methyl sites for hydroxylation is 2. The fraction of sp³-hybridized carbons (Fsp3) is 0.143. The van der Waals surface area contributed by atoms with Crippen molar-refractivity contribution in [1.82, 2.24) is 4.98 Å². The largest absolute Gasteiger partial charge is 0.383 e. The van der Waals surface area contributed by atoms with Gasteiger partial charge in [-0.25, -0.2) is 4.98 Å². The molecule has 0 radical (unpaired) electrons. The van der Waals surface area contributed by atoms with Gasteiger partial charge in [0.25, 0.3) is 0 Å². The third kappa shape index (κ3) is 3.09. The molecule has 1 heterocycles. The molecular weight excluding hydrogens is 330 g/mol. The Kier molecular flexibility index (Phi) is 4.48. The smallest absolute Gasteiger partial charge is 0.142 e. The molecular formula is C21H18ClN3. The molecule has 25 heavy (non-hydrogen) atoms. The summed E-state index contributed by atoms with van der Waals surface area (Å²) in [6.07, 6.45) is 0. The zero-order valence-electron chi connectivity index (χ0n) is 14.4. The average Bonchev–Trinajstić information content (AvgIpc) is 2.58. The van der Waals surface area contributed by atoms with E-state index in [0.29, 0.717) is 10.6 Å². The highest BCUT2D eigenvalue weighted by molar-refractivity contribution is 6.30. The molecule has 0 aliphatic heterocycles. The second kappa shape index (κ2) is 6.58. The quantitative estimate of drug-likeness (QED) is 0.670. The van der Waals surface area contributed by atoms with Gasteiger partial charge in [-0.2, -0.15) is 5.26 Å². The number of hydrogen-bond acceptors (Lipinski definition) is 3. The van der Waals surface area contributed by atoms with Crippen molar-refractivity contribution in [2.45, 2.75) is 20.8 Å². The van der Waals surface area contributed by atoms with Gasteiger partial charge in [0, 0.05) is 16.1 Å². The molecule has 0 aliphatic carbocycles. The summed E-state index contributed by atoms with van der Waals surface area (Å²) in [4.78, 5) is 4.49. The summed E-state index contributed by atoms with van der Waals surface area (Å²) < 4.78 is 0. The Morgan fingerprint density at radius 3 is 2.52 bits per heavy atom. The summed E-state index contributed by atoms with van der Waals surface area (Å²) in [5, 5.41) is 10.3. The SMILES string of the molecule is Cc1ccc(C)c(-c2c(C)c(-c3cccc(Cl)c3)nc(N)c2C#N)c1. The van der Waals surface area contributed by atoms with Crippen LogP contribution in [0, 0.1) is 32.1 Å². The number of halogens is 1. The van der Waals surface area contributed by atoms with Gasteiger partial charge >= 0.3 is 0 Å². The van der Waals surface area contributed by atoms with Crippen LogP contribution in [0.2, 0.25) is 5.02 Å². The maximum absolute atomic E-state index is 9.66. The van der Waals surface area contributed by atoms with Gasteiger partial charge in [-0.05, 0) is 49.6 Å². The maximum atomic E-state index is 9.66. The minimum atomic E-state index is 0.235. The normalized spacial score (nSPS) is 10.5. The third-order valence-corrected chi connectivity index (χ3v) is 4.58. The fourth-order valence-corrected chi connectivity index (χ4v) is 3.26. The number of pyridine rings is 1. The van der Waals surface area contributed by atoms with Crippen molar-refractivity contribution in [1.29, 1.82) is 5.26 Å². The van der Waals surface area contributed by atoms with Crippen molar-refractivity contribution in [2.24, 2.45) is 0 Å². The number of nitriles is 1. The lowest BCUT2D eigenvalue weighted by molar-refractivity contribution is 1.25. The third-order valence-electron chi connectivity index (χ3n) is 4.34. The Hall–Kier alpha value is -2.83. The first-order valence-electron chi connectivity index (χ1n) is 7.96. The highest BCUT2D eigenvalue weighted by Gasteiger charge is 2.19. The number of nitrogens with two attached hydrogens (primary N) is 1. The lowest BCUT2D eigenvalue weighted by Gasteiger charge is -2.17. The summed E-state index contributed by atoms with van der Waals surface area (Å²) in [6, 6.07) is 15.9. The molecule has 3 rings (SSSR count). The van der Waals surface area contributed by atoms with E-state index in [1.54, 1.807) is 0 Å². The Morgan fingerprint density at radius 1 is 1.08 bits per heavy atom. The molecule has 0 saturated heterocycles. The lowest BCUT2D eigenvalue weighted by Crippen LogP contribution is -2.04. The predicted molar refractivity (Wildman–Crippen MR) is 103 cm³/mol. The molecule has 0 bridgehead atoms. The number of hydrogen-bond donors (Lipinski definition) is 1. The van der Waals surface area contributed by atoms with Crippen LogP contribution in [0.3, 0.4) is 0 Å². The maximum Gasteiger partial charge on any atom is 0.142 e. The van der Waals surface area contributed by atoms with Gasteiger partial charge in [0.15, 0.2) is 0 Å². The number of benzene rings is 2. The Morgan fingerprint density at radius 2 is 1.84 bits per heavy atom. The van der Waals surface area contributed by atoms with Crippen LogP contribution >= 0.6 is 11.6 Å². The van der Waals surface area contributed by atoms with Crippen molar-refractivity contribution in [3.63, 3.8) is 0 Å². The van der Waals surface area contributed by atoms with Crippen LogP contribution in [0.15, 0.2) is 42.5 Å². The van der Waals surface area contributed by atoms with E-state index in [2.05, 4.69) is 29.3 Å². The van der Waals surface area contributed by atoms with E-state index >= 15 is 0 Å². The molecule has 0 saturated carbocycles. The second-order valence-corrected chi connectivity index (χ2v) is 6.60. The predicted octanol–water partition coefficient (Wildman–Crippen LogP) is 5.45. The van der Waals surface area contributed by atoms with Gasteiger partial charge in [0.05, 0.1) is 5.69 Å². The van der Waals surface area contributed by atoms with Crippen molar-refractivity contribution in [3.8, 4) is 28.5 Å². The molecule has 0 aliphatic rings. The number of nitrogen functional groups attached to an aromatic ring is 1. The molecule has 2 aromatic carbocycles. The topological polar surface area (TPSA) is 62.7 Å². The highest BCUT2D eigenvalue weighted by atomic mass is 35.5. The van der Waals surface area contributed by atoms with E-state index < -0.39 is 0 Å². The molecule has 124 valence electrons. The first kappa shape index (κ1) is 17.0. The zero-order chi connectivity index (χ0) is 18.1. The number of rotatable bonds is 2. The van der Waals surface area contributed by atoms with E-state index in [0.717, 1.165) is 39.1 Å². The molecule has 0 atom stereocenters. The number of anilines is 1. The number of aromatic nitrogens is 1. The summed E-state index contributed by atoms with van der Waals surface area (Å²) in [5.74, 6) is 0.235. The van der Waals surface area contributed by atoms with Gasteiger partial charge in [0.2, 0.25) is 0 Å². The van der Waals surface area contributed by atoms with Crippen LogP contribution in [0.5, 0.6) is 0 Å². The van der Waals surface area contributed by atoms with Crippen LogP contribution in [0.1, 0.15) is 22.3 Å². The van der Waals surface area contributed by atoms with Crippen molar-refractivity contribution < 1.29 is 0 Å². The Bertz CT molecular complexity index is 1020. The van der Waals surface area contributed by atoms with Crippen LogP contribution in [0.25, 0.3) is 22.4 Å². The van der Waals surface area contributed by atoms with Gasteiger partial charge < -0.3 is 5.73 Å². The molecule has 0 unspecified atom stereocenters. The van der Waals surface area contributed by atoms with Crippen molar-refractivity contribution in [3.05, 3.63) is 69.7 Å². The molecule has 0 fully saturated rings. The fourth-order valence-electron chi connectivity index (χ4n) is 3.07. The summed E-state index contributed by atoms with van der Waals surface area (Å²) in [5.41, 5.74) is 13.2. The van der Waals surface area contributed by atoms with Crippen molar-refractivity contribution >= 4 is 17.4 Å². The van der Waals surface area contributed by atoms with Gasteiger partial charge in [-0.15, -0.1) is 0 Å². The minimum Gasteiger partial charge on any atom is -0.383 e. The number of nitrogens with zero attached hydrogens (tertiary/aromatic N) is 2. The molecule has 0 spiro atoms. The molecule has 3 aromatic rings. The van der Waals surface area contributed by atoms with E-state index in [1.807, 2.05) is 45.0 Å². The van der Waals surface area contributed by atoms with Gasteiger partial charge in [-0.3, -0.25) is 0 Å². The average molecular weight is 348 g/mol. The summed E-state index contributed by atoms with van der Waals surface area (Å²) in [7, 11) is 0. The van der Waals surface area contributed by atoms with Crippen LogP contribution in [-0.4, -0.2) is 4.98 Å². The van der Waals surface area contributed by atoms with Crippen LogP contribution < -0.4 is 5.73 Å². The molecule has 4 heteroatoms. The highest BCUT2D eigenvalue weighted by Crippen LogP contribution is 2.37. The molecule has 1 aromatic heterocycles. The van der Waals surface area contributed by atoms with E-state index in [9.17, 15) is 5.26 Å². The van der Waals surface area contributed by atoms with Gasteiger partial charge in [0.1, 0.15) is 17.5 Å².